The van der Waals surface area contributed by atoms with Crippen molar-refractivity contribution in [2.24, 2.45) is 0 Å². The van der Waals surface area contributed by atoms with Crippen molar-refractivity contribution < 1.29 is 28.1 Å². The van der Waals surface area contributed by atoms with Crippen molar-refractivity contribution in [3.8, 4) is 17.2 Å². The molecule has 0 aliphatic carbocycles. The lowest BCUT2D eigenvalue weighted by atomic mass is 9.96. The molecule has 1 aromatic rings. The van der Waals surface area contributed by atoms with Gasteiger partial charge in [-0.25, -0.2) is 8.78 Å². The summed E-state index contributed by atoms with van der Waals surface area (Å²) in [5.41, 5.74) is 0.260. The van der Waals surface area contributed by atoms with E-state index in [1.165, 1.54) is 33.5 Å². The first-order chi connectivity index (χ1) is 11.5. The molecule has 2 rings (SSSR count). The van der Waals surface area contributed by atoms with Gasteiger partial charge in [-0.15, -0.1) is 0 Å². The van der Waals surface area contributed by atoms with Gasteiger partial charge in [0, 0.05) is 37.8 Å². The van der Waals surface area contributed by atoms with Crippen LogP contribution in [0.15, 0.2) is 12.1 Å². The Labute approximate surface area is 140 Å². The van der Waals surface area contributed by atoms with Crippen molar-refractivity contribution in [3.05, 3.63) is 17.7 Å². The van der Waals surface area contributed by atoms with Gasteiger partial charge in [0.2, 0.25) is 0 Å². The molecule has 1 aliphatic rings. The summed E-state index contributed by atoms with van der Waals surface area (Å²) in [6.07, 6.45) is 0. The maximum Gasteiger partial charge on any atom is 0.290 e. The van der Waals surface area contributed by atoms with E-state index in [1.54, 1.807) is 4.90 Å². The Morgan fingerprint density at radius 1 is 1.08 bits per heavy atom. The van der Waals surface area contributed by atoms with Crippen LogP contribution in [0, 0.1) is 0 Å². The minimum absolute atomic E-state index is 0.260. The number of aliphatic hydroxyl groups is 1. The number of hydrogen-bond donors (Lipinski definition) is 2. The van der Waals surface area contributed by atoms with E-state index in [-0.39, 0.29) is 11.3 Å². The molecule has 0 spiro atoms. The fourth-order valence-electron chi connectivity index (χ4n) is 2.98. The smallest absolute Gasteiger partial charge is 0.290 e. The van der Waals surface area contributed by atoms with Crippen LogP contribution in [0.5, 0.6) is 17.2 Å². The van der Waals surface area contributed by atoms with Crippen molar-refractivity contribution in [1.29, 1.82) is 0 Å². The number of methoxy groups -OCH3 is 3. The average molecular weight is 346 g/mol. The van der Waals surface area contributed by atoms with Crippen molar-refractivity contribution in [3.63, 3.8) is 0 Å². The van der Waals surface area contributed by atoms with Gasteiger partial charge >= 0.3 is 0 Å². The lowest BCUT2D eigenvalue weighted by Crippen LogP contribution is -2.51. The molecule has 0 amide bonds. The first-order valence-electron chi connectivity index (χ1n) is 7.71. The molecule has 1 atom stereocenters. The summed E-state index contributed by atoms with van der Waals surface area (Å²) in [6, 6.07) is 1.70. The molecule has 2 N–H and O–H groups in total. The summed E-state index contributed by atoms with van der Waals surface area (Å²) >= 11 is 0. The van der Waals surface area contributed by atoms with E-state index in [0.29, 0.717) is 37.7 Å². The molecule has 0 aromatic heterocycles. The minimum atomic E-state index is -3.33. The Kier molecular flexibility index (Phi) is 6.20. The lowest BCUT2D eigenvalue weighted by molar-refractivity contribution is -0.119. The monoisotopic (exact) mass is 346 g/mol. The number of nitrogens with one attached hydrogen (secondary N) is 1. The maximum absolute atomic E-state index is 14.6. The second-order valence-corrected chi connectivity index (χ2v) is 5.56. The van der Waals surface area contributed by atoms with Gasteiger partial charge < -0.3 is 24.6 Å². The van der Waals surface area contributed by atoms with E-state index in [4.69, 9.17) is 14.2 Å². The maximum atomic E-state index is 14.6. The predicted molar refractivity (Wildman–Crippen MR) is 85.3 cm³/mol. The largest absolute Gasteiger partial charge is 0.496 e. The topological polar surface area (TPSA) is 63.2 Å². The number of benzene rings is 1. The zero-order valence-corrected chi connectivity index (χ0v) is 14.1. The Morgan fingerprint density at radius 2 is 1.62 bits per heavy atom. The summed E-state index contributed by atoms with van der Waals surface area (Å²) in [5, 5.41) is 12.4. The van der Waals surface area contributed by atoms with Crippen molar-refractivity contribution in [2.75, 3.05) is 54.1 Å². The number of alkyl halides is 2. The molecule has 0 saturated carbocycles. The van der Waals surface area contributed by atoms with E-state index in [9.17, 15) is 13.9 Å². The number of piperazine rings is 1. The fourth-order valence-corrected chi connectivity index (χ4v) is 2.98. The second-order valence-electron chi connectivity index (χ2n) is 5.56. The molecule has 136 valence electrons. The van der Waals surface area contributed by atoms with Crippen LogP contribution in [0.3, 0.4) is 0 Å². The van der Waals surface area contributed by atoms with Gasteiger partial charge in [-0.3, -0.25) is 4.90 Å². The highest BCUT2D eigenvalue weighted by Crippen LogP contribution is 2.44. The van der Waals surface area contributed by atoms with Crippen LogP contribution in [0.4, 0.5) is 8.78 Å². The number of aliphatic hydroxyl groups excluding tert-OH is 1. The molecule has 6 nitrogen and oxygen atoms in total. The second kappa shape index (κ2) is 7.96. The van der Waals surface area contributed by atoms with Crippen molar-refractivity contribution in [2.45, 2.75) is 12.0 Å². The van der Waals surface area contributed by atoms with E-state index in [1.807, 2.05) is 0 Å². The highest BCUT2D eigenvalue weighted by atomic mass is 19.3. The highest BCUT2D eigenvalue weighted by Gasteiger charge is 2.45. The summed E-state index contributed by atoms with van der Waals surface area (Å²) in [4.78, 5) is 1.65. The van der Waals surface area contributed by atoms with Crippen LogP contribution >= 0.6 is 0 Å². The summed E-state index contributed by atoms with van der Waals surface area (Å²) in [6.45, 7) is 0.843. The lowest BCUT2D eigenvalue weighted by Gasteiger charge is -2.39. The summed E-state index contributed by atoms with van der Waals surface area (Å²) < 4.78 is 44.9. The van der Waals surface area contributed by atoms with E-state index in [2.05, 4.69) is 5.32 Å². The fraction of sp³-hybridized carbons (Fsp3) is 0.625. The van der Waals surface area contributed by atoms with Crippen molar-refractivity contribution >= 4 is 0 Å². The number of halogens is 2. The number of ether oxygens (including phenoxy) is 3. The van der Waals surface area contributed by atoms with E-state index in [0.717, 1.165) is 0 Å². The van der Waals surface area contributed by atoms with Crippen LogP contribution in [0.1, 0.15) is 11.6 Å². The third kappa shape index (κ3) is 3.71. The minimum Gasteiger partial charge on any atom is -0.496 e. The van der Waals surface area contributed by atoms with E-state index >= 15 is 0 Å². The molecule has 1 heterocycles. The van der Waals surface area contributed by atoms with Gasteiger partial charge in [0.05, 0.1) is 21.3 Å². The third-order valence-corrected chi connectivity index (χ3v) is 4.16. The van der Waals surface area contributed by atoms with Gasteiger partial charge in [0.25, 0.3) is 5.92 Å². The molecule has 8 heteroatoms. The van der Waals surface area contributed by atoms with E-state index < -0.39 is 18.6 Å². The first kappa shape index (κ1) is 18.7. The molecule has 1 aliphatic heterocycles. The highest BCUT2D eigenvalue weighted by molar-refractivity contribution is 5.52. The molecule has 0 bridgehead atoms. The molecule has 24 heavy (non-hydrogen) atoms. The first-order valence-corrected chi connectivity index (χ1v) is 7.71. The normalized spacial score (nSPS) is 17.4. The predicted octanol–water partition coefficient (Wildman–Crippen LogP) is 1.29. The SMILES string of the molecule is COc1cc(OC)c([C@@H](N2CCNCC2)C(F)(F)CO)cc1OC. The van der Waals surface area contributed by atoms with Crippen LogP contribution < -0.4 is 19.5 Å². The molecule has 0 unspecified atom stereocenters. The van der Waals surface area contributed by atoms with Crippen LogP contribution in [-0.2, 0) is 0 Å². The van der Waals surface area contributed by atoms with Crippen LogP contribution in [0.25, 0.3) is 0 Å². The molecule has 0 radical (unpaired) electrons. The van der Waals surface area contributed by atoms with Crippen LogP contribution in [0.2, 0.25) is 0 Å². The van der Waals surface area contributed by atoms with Crippen LogP contribution in [-0.4, -0.2) is 70.0 Å². The van der Waals surface area contributed by atoms with Gasteiger partial charge in [0.1, 0.15) is 18.4 Å². The summed E-state index contributed by atoms with van der Waals surface area (Å²) in [5.74, 6) is -2.33. The van der Waals surface area contributed by atoms with Gasteiger partial charge in [-0.2, -0.15) is 0 Å². The van der Waals surface area contributed by atoms with Gasteiger partial charge in [-0.05, 0) is 6.07 Å². The molecule has 1 fully saturated rings. The van der Waals surface area contributed by atoms with Gasteiger partial charge in [-0.1, -0.05) is 0 Å². The van der Waals surface area contributed by atoms with Crippen molar-refractivity contribution in [1.82, 2.24) is 10.2 Å². The third-order valence-electron chi connectivity index (χ3n) is 4.16. The Bertz CT molecular complexity index is 551. The Hall–Kier alpha value is -1.64. The standard InChI is InChI=1S/C16H24F2N2O4/c1-22-12-9-14(24-3)13(23-2)8-11(12)15(16(17,18)10-21)20-6-4-19-5-7-20/h8-9,15,19,21H,4-7,10H2,1-3H3/t15-/m1/s1. The summed E-state index contributed by atoms with van der Waals surface area (Å²) in [7, 11) is 4.32. The number of hydrogen-bond acceptors (Lipinski definition) is 6. The number of rotatable bonds is 7. The zero-order chi connectivity index (χ0) is 17.7. The zero-order valence-electron chi connectivity index (χ0n) is 14.1. The molecule has 1 saturated heterocycles. The molecular weight excluding hydrogens is 322 g/mol. The Balaban J connectivity index is 2.55. The quantitative estimate of drug-likeness (QED) is 0.776. The molecular formula is C16H24F2N2O4. The van der Waals surface area contributed by atoms with Gasteiger partial charge in [0.15, 0.2) is 11.5 Å². The average Bonchev–Trinajstić information content (AvgIpc) is 2.62. The number of nitrogens with zero attached hydrogens (tertiary/aromatic N) is 1. The molecule has 1 aromatic carbocycles. The Morgan fingerprint density at radius 3 is 2.12 bits per heavy atom.